The smallest absolute Gasteiger partial charge is 0.0669 e. The highest BCUT2D eigenvalue weighted by Crippen LogP contribution is 2.29. The highest BCUT2D eigenvalue weighted by atomic mass is 79.9. The molecule has 0 N–H and O–H groups in total. The standard InChI is InChI=1S/C13H14BrN/c1-3-5-11(8-9-15)13-10(2)6-4-7-12(13)14/h4-7H,3,8H2,1-2H3/b11-5-. The molecule has 0 amide bonds. The summed E-state index contributed by atoms with van der Waals surface area (Å²) in [6.45, 7) is 4.16. The molecule has 0 aromatic heterocycles. The molecule has 0 saturated carbocycles. The Hall–Kier alpha value is -1.07. The summed E-state index contributed by atoms with van der Waals surface area (Å²) in [7, 11) is 0. The summed E-state index contributed by atoms with van der Waals surface area (Å²) in [5.41, 5.74) is 3.49. The number of allylic oxidation sites excluding steroid dienone is 2. The highest BCUT2D eigenvalue weighted by Gasteiger charge is 2.08. The third-order valence-corrected chi connectivity index (χ3v) is 2.92. The van der Waals surface area contributed by atoms with E-state index in [1.165, 1.54) is 11.1 Å². The molecular weight excluding hydrogens is 250 g/mol. The molecule has 0 heterocycles. The quantitative estimate of drug-likeness (QED) is 0.790. The number of nitriles is 1. The van der Waals surface area contributed by atoms with Crippen molar-refractivity contribution >= 4 is 21.5 Å². The third kappa shape index (κ3) is 2.94. The molecule has 0 radical (unpaired) electrons. The van der Waals surface area contributed by atoms with E-state index in [1.54, 1.807) is 0 Å². The van der Waals surface area contributed by atoms with Crippen LogP contribution in [0.1, 0.15) is 30.9 Å². The van der Waals surface area contributed by atoms with Crippen LogP contribution in [-0.4, -0.2) is 0 Å². The molecule has 0 spiro atoms. The Labute approximate surface area is 99.6 Å². The van der Waals surface area contributed by atoms with Crippen molar-refractivity contribution in [3.63, 3.8) is 0 Å². The van der Waals surface area contributed by atoms with Crippen molar-refractivity contribution in [2.75, 3.05) is 0 Å². The molecule has 0 fully saturated rings. The molecule has 2 heteroatoms. The van der Waals surface area contributed by atoms with Crippen molar-refractivity contribution < 1.29 is 0 Å². The van der Waals surface area contributed by atoms with Gasteiger partial charge in [-0.05, 0) is 36.1 Å². The third-order valence-electron chi connectivity index (χ3n) is 2.26. The van der Waals surface area contributed by atoms with Crippen molar-refractivity contribution in [1.82, 2.24) is 0 Å². The maximum Gasteiger partial charge on any atom is 0.0669 e. The molecule has 0 saturated heterocycles. The topological polar surface area (TPSA) is 23.8 Å². The molecule has 0 atom stereocenters. The summed E-state index contributed by atoms with van der Waals surface area (Å²) in [6.07, 6.45) is 3.55. The molecular formula is C13H14BrN. The summed E-state index contributed by atoms with van der Waals surface area (Å²) in [5, 5.41) is 8.80. The maximum absolute atomic E-state index is 8.80. The second-order valence-electron chi connectivity index (χ2n) is 3.40. The summed E-state index contributed by atoms with van der Waals surface area (Å²) >= 11 is 3.54. The average Bonchev–Trinajstić information content (AvgIpc) is 2.18. The summed E-state index contributed by atoms with van der Waals surface area (Å²) in [6, 6.07) is 8.32. The molecule has 0 aliphatic rings. The maximum atomic E-state index is 8.80. The lowest BCUT2D eigenvalue weighted by Gasteiger charge is -2.10. The Kier molecular flexibility index (Phi) is 4.58. The molecule has 1 rings (SSSR count). The Morgan fingerprint density at radius 3 is 2.80 bits per heavy atom. The first-order valence-corrected chi connectivity index (χ1v) is 5.81. The highest BCUT2D eigenvalue weighted by molar-refractivity contribution is 9.10. The molecule has 0 aliphatic carbocycles. The first-order valence-electron chi connectivity index (χ1n) is 5.02. The molecule has 1 aromatic carbocycles. The van der Waals surface area contributed by atoms with Gasteiger partial charge in [0.05, 0.1) is 12.5 Å². The van der Waals surface area contributed by atoms with Gasteiger partial charge >= 0.3 is 0 Å². The normalized spacial score (nSPS) is 11.2. The van der Waals surface area contributed by atoms with Crippen LogP contribution in [0.25, 0.3) is 5.57 Å². The van der Waals surface area contributed by atoms with E-state index >= 15 is 0 Å². The van der Waals surface area contributed by atoms with Crippen LogP contribution in [0.5, 0.6) is 0 Å². The number of nitrogens with zero attached hydrogens (tertiary/aromatic N) is 1. The Bertz CT molecular complexity index is 393. The van der Waals surface area contributed by atoms with E-state index in [0.717, 1.165) is 16.5 Å². The van der Waals surface area contributed by atoms with Gasteiger partial charge in [-0.2, -0.15) is 5.26 Å². The van der Waals surface area contributed by atoms with Gasteiger partial charge in [0.25, 0.3) is 0 Å². The lowest BCUT2D eigenvalue weighted by atomic mass is 9.98. The van der Waals surface area contributed by atoms with Crippen molar-refractivity contribution in [2.45, 2.75) is 26.7 Å². The Balaban J connectivity index is 3.23. The minimum atomic E-state index is 0.470. The van der Waals surface area contributed by atoms with E-state index in [0.29, 0.717) is 6.42 Å². The fraction of sp³-hybridized carbons (Fsp3) is 0.308. The minimum Gasteiger partial charge on any atom is -0.198 e. The van der Waals surface area contributed by atoms with Crippen LogP contribution in [0.15, 0.2) is 28.7 Å². The van der Waals surface area contributed by atoms with Gasteiger partial charge in [0.1, 0.15) is 0 Å². The molecule has 78 valence electrons. The summed E-state index contributed by atoms with van der Waals surface area (Å²) < 4.78 is 1.07. The lowest BCUT2D eigenvalue weighted by molar-refractivity contribution is 1.20. The molecule has 0 aliphatic heterocycles. The number of halogens is 1. The van der Waals surface area contributed by atoms with Crippen molar-refractivity contribution in [1.29, 1.82) is 5.26 Å². The first kappa shape index (κ1) is 12.0. The largest absolute Gasteiger partial charge is 0.198 e. The Morgan fingerprint density at radius 2 is 2.27 bits per heavy atom. The number of rotatable bonds is 3. The predicted octanol–water partition coefficient (Wildman–Crippen LogP) is 4.46. The minimum absolute atomic E-state index is 0.470. The number of aryl methyl sites for hydroxylation is 1. The van der Waals surface area contributed by atoms with Crippen LogP contribution >= 0.6 is 15.9 Å². The van der Waals surface area contributed by atoms with Gasteiger partial charge < -0.3 is 0 Å². The van der Waals surface area contributed by atoms with Crippen molar-refractivity contribution in [3.8, 4) is 6.07 Å². The van der Waals surface area contributed by atoms with Gasteiger partial charge in [0.15, 0.2) is 0 Å². The fourth-order valence-electron chi connectivity index (χ4n) is 1.63. The van der Waals surface area contributed by atoms with E-state index < -0.39 is 0 Å². The van der Waals surface area contributed by atoms with Crippen LogP contribution < -0.4 is 0 Å². The first-order chi connectivity index (χ1) is 7.20. The SMILES string of the molecule is CC/C=C(/CC#N)c1c(C)cccc1Br. The second-order valence-corrected chi connectivity index (χ2v) is 4.26. The zero-order valence-electron chi connectivity index (χ0n) is 9.05. The molecule has 0 bridgehead atoms. The van der Waals surface area contributed by atoms with E-state index in [9.17, 15) is 0 Å². The van der Waals surface area contributed by atoms with E-state index in [1.807, 2.05) is 12.1 Å². The van der Waals surface area contributed by atoms with Gasteiger partial charge in [-0.3, -0.25) is 0 Å². The number of benzene rings is 1. The number of hydrogen-bond acceptors (Lipinski definition) is 1. The van der Waals surface area contributed by atoms with E-state index in [4.69, 9.17) is 5.26 Å². The van der Waals surface area contributed by atoms with Crippen molar-refractivity contribution in [2.24, 2.45) is 0 Å². The van der Waals surface area contributed by atoms with Gasteiger partial charge in [-0.25, -0.2) is 0 Å². The van der Waals surface area contributed by atoms with Gasteiger partial charge in [0, 0.05) is 4.47 Å². The number of hydrogen-bond donors (Lipinski definition) is 0. The summed E-state index contributed by atoms with van der Waals surface area (Å²) in [4.78, 5) is 0. The molecule has 1 aromatic rings. The van der Waals surface area contributed by atoms with Crippen LogP contribution in [0.4, 0.5) is 0 Å². The van der Waals surface area contributed by atoms with E-state index in [2.05, 4.69) is 48.0 Å². The van der Waals surface area contributed by atoms with Crippen LogP contribution in [0, 0.1) is 18.3 Å². The van der Waals surface area contributed by atoms with Gasteiger partial charge in [-0.15, -0.1) is 0 Å². The van der Waals surface area contributed by atoms with Crippen molar-refractivity contribution in [3.05, 3.63) is 39.9 Å². The van der Waals surface area contributed by atoms with Gasteiger partial charge in [-0.1, -0.05) is 41.1 Å². The van der Waals surface area contributed by atoms with Crippen LogP contribution in [-0.2, 0) is 0 Å². The van der Waals surface area contributed by atoms with Gasteiger partial charge in [0.2, 0.25) is 0 Å². The van der Waals surface area contributed by atoms with E-state index in [-0.39, 0.29) is 0 Å². The molecule has 15 heavy (non-hydrogen) atoms. The molecule has 1 nitrogen and oxygen atoms in total. The second kappa shape index (κ2) is 5.72. The fourth-order valence-corrected chi connectivity index (χ4v) is 2.35. The zero-order valence-corrected chi connectivity index (χ0v) is 10.6. The predicted molar refractivity (Wildman–Crippen MR) is 67.4 cm³/mol. The zero-order chi connectivity index (χ0) is 11.3. The average molecular weight is 264 g/mol. The summed E-state index contributed by atoms with van der Waals surface area (Å²) in [5.74, 6) is 0. The van der Waals surface area contributed by atoms with Crippen LogP contribution in [0.3, 0.4) is 0 Å². The molecule has 0 unspecified atom stereocenters. The lowest BCUT2D eigenvalue weighted by Crippen LogP contribution is -1.90. The Morgan fingerprint density at radius 1 is 1.53 bits per heavy atom. The monoisotopic (exact) mass is 263 g/mol. The van der Waals surface area contributed by atoms with Crippen LogP contribution in [0.2, 0.25) is 0 Å².